The van der Waals surface area contributed by atoms with E-state index in [-0.39, 0.29) is 18.3 Å². The largest absolute Gasteiger partial charge is 0.497 e. The molecular weight excluding hydrogens is 464 g/mol. The van der Waals surface area contributed by atoms with Gasteiger partial charge in [-0.2, -0.15) is 10.2 Å². The molecule has 186 valence electrons. The summed E-state index contributed by atoms with van der Waals surface area (Å²) in [5.74, 6) is 1.25. The summed E-state index contributed by atoms with van der Waals surface area (Å²) in [6.07, 6.45) is 7.01. The number of methoxy groups -OCH3 is 1. The second kappa shape index (κ2) is 12.3. The number of aliphatic hydroxyl groups excluding tert-OH is 1. The van der Waals surface area contributed by atoms with Crippen molar-refractivity contribution in [2.75, 3.05) is 32.5 Å². The smallest absolute Gasteiger partial charge is 0.303 e. The molecule has 3 atom stereocenters. The molecule has 1 saturated heterocycles. The molecule has 0 radical (unpaired) electrons. The number of pyridine rings is 1. The Kier molecular flexibility index (Phi) is 8.90. The minimum absolute atomic E-state index is 0.0790. The van der Waals surface area contributed by atoms with Crippen LogP contribution in [-0.4, -0.2) is 68.8 Å². The van der Waals surface area contributed by atoms with Gasteiger partial charge in [0.2, 0.25) is 0 Å². The SMILES string of the molecule is COc1ccc2nccc(C(O)CC[C@@H]3CCN(CCSc4ccnnc4)C[C@@H]3CC(=O)O)c2c1. The van der Waals surface area contributed by atoms with Crippen molar-refractivity contribution in [3.8, 4) is 5.75 Å². The molecule has 0 bridgehead atoms. The summed E-state index contributed by atoms with van der Waals surface area (Å²) >= 11 is 1.74. The Bertz CT molecular complexity index is 1120. The third-order valence-corrected chi connectivity index (χ3v) is 7.76. The molecular formula is C26H32N4O4S. The lowest BCUT2D eigenvalue weighted by Gasteiger charge is -2.38. The van der Waals surface area contributed by atoms with Gasteiger partial charge >= 0.3 is 5.97 Å². The van der Waals surface area contributed by atoms with Crippen LogP contribution >= 0.6 is 11.8 Å². The fraction of sp³-hybridized carbons (Fsp3) is 0.462. The number of carboxylic acids is 1. The lowest BCUT2D eigenvalue weighted by Crippen LogP contribution is -2.42. The van der Waals surface area contributed by atoms with Crippen LogP contribution in [0.1, 0.15) is 37.4 Å². The first-order chi connectivity index (χ1) is 17.0. The summed E-state index contributed by atoms with van der Waals surface area (Å²) in [5, 5.41) is 29.2. The van der Waals surface area contributed by atoms with E-state index in [9.17, 15) is 15.0 Å². The van der Waals surface area contributed by atoms with Gasteiger partial charge in [-0.25, -0.2) is 0 Å². The summed E-state index contributed by atoms with van der Waals surface area (Å²) in [4.78, 5) is 19.4. The molecule has 8 nitrogen and oxygen atoms in total. The van der Waals surface area contributed by atoms with Crippen molar-refractivity contribution < 1.29 is 19.7 Å². The van der Waals surface area contributed by atoms with Crippen molar-refractivity contribution in [2.45, 2.75) is 36.7 Å². The number of piperidine rings is 1. The molecule has 1 unspecified atom stereocenters. The number of thioether (sulfide) groups is 1. The lowest BCUT2D eigenvalue weighted by atomic mass is 9.79. The monoisotopic (exact) mass is 496 g/mol. The molecule has 9 heteroatoms. The number of hydrogen-bond acceptors (Lipinski definition) is 8. The van der Waals surface area contributed by atoms with Crippen LogP contribution in [0.5, 0.6) is 5.75 Å². The molecule has 0 aliphatic carbocycles. The summed E-state index contributed by atoms with van der Waals surface area (Å²) in [5.41, 5.74) is 1.66. The summed E-state index contributed by atoms with van der Waals surface area (Å²) < 4.78 is 5.35. The van der Waals surface area contributed by atoms with Gasteiger partial charge in [0.1, 0.15) is 5.75 Å². The summed E-state index contributed by atoms with van der Waals surface area (Å²) in [6, 6.07) is 9.48. The van der Waals surface area contributed by atoms with Crippen LogP contribution in [0.25, 0.3) is 10.9 Å². The van der Waals surface area contributed by atoms with E-state index in [4.69, 9.17) is 4.74 Å². The predicted octanol–water partition coefficient (Wildman–Crippen LogP) is 4.05. The van der Waals surface area contributed by atoms with Crippen molar-refractivity contribution in [1.29, 1.82) is 0 Å². The van der Waals surface area contributed by atoms with Gasteiger partial charge in [-0.3, -0.25) is 9.78 Å². The summed E-state index contributed by atoms with van der Waals surface area (Å²) in [6.45, 7) is 2.63. The van der Waals surface area contributed by atoms with Crippen LogP contribution in [0.3, 0.4) is 0 Å². The average Bonchev–Trinajstić information content (AvgIpc) is 2.87. The first kappa shape index (κ1) is 25.3. The predicted molar refractivity (Wildman–Crippen MR) is 136 cm³/mol. The number of hydrogen-bond donors (Lipinski definition) is 2. The highest BCUT2D eigenvalue weighted by molar-refractivity contribution is 7.99. The van der Waals surface area contributed by atoms with E-state index in [0.717, 1.165) is 65.3 Å². The molecule has 3 aromatic rings. The van der Waals surface area contributed by atoms with E-state index in [1.54, 1.807) is 37.5 Å². The van der Waals surface area contributed by atoms with Crippen molar-refractivity contribution in [3.63, 3.8) is 0 Å². The maximum atomic E-state index is 11.6. The zero-order valence-electron chi connectivity index (χ0n) is 19.9. The number of ether oxygens (including phenoxy) is 1. The number of carboxylic acid groups (broad SMARTS) is 1. The van der Waals surface area contributed by atoms with Crippen molar-refractivity contribution in [2.24, 2.45) is 11.8 Å². The molecule has 0 amide bonds. The van der Waals surface area contributed by atoms with Gasteiger partial charge in [0, 0.05) is 41.7 Å². The minimum Gasteiger partial charge on any atom is -0.497 e. The van der Waals surface area contributed by atoms with Gasteiger partial charge in [0.05, 0.1) is 31.1 Å². The number of aliphatic hydroxyl groups is 1. The Morgan fingerprint density at radius 3 is 2.89 bits per heavy atom. The zero-order chi connectivity index (χ0) is 24.6. The van der Waals surface area contributed by atoms with Gasteiger partial charge in [0.25, 0.3) is 0 Å². The average molecular weight is 497 g/mol. The quantitative estimate of drug-likeness (QED) is 0.380. The van der Waals surface area contributed by atoms with Gasteiger partial charge in [-0.15, -0.1) is 11.8 Å². The molecule has 1 aliphatic heterocycles. The number of rotatable bonds is 11. The number of fused-ring (bicyclic) bond motifs is 1. The van der Waals surface area contributed by atoms with Gasteiger partial charge < -0.3 is 19.8 Å². The molecule has 3 heterocycles. The number of carbonyl (C=O) groups is 1. The molecule has 2 N–H and O–H groups in total. The second-order valence-corrected chi connectivity index (χ2v) is 10.2. The normalized spacial score (nSPS) is 19.5. The fourth-order valence-electron chi connectivity index (χ4n) is 4.94. The lowest BCUT2D eigenvalue weighted by molar-refractivity contribution is -0.139. The molecule has 2 aromatic heterocycles. The van der Waals surface area contributed by atoms with Crippen LogP contribution in [-0.2, 0) is 4.79 Å². The van der Waals surface area contributed by atoms with E-state index in [2.05, 4.69) is 20.1 Å². The van der Waals surface area contributed by atoms with Crippen LogP contribution < -0.4 is 4.74 Å². The third-order valence-electron chi connectivity index (χ3n) is 6.80. The Hall–Kier alpha value is -2.75. The Morgan fingerprint density at radius 1 is 1.23 bits per heavy atom. The van der Waals surface area contributed by atoms with Crippen LogP contribution in [0, 0.1) is 11.8 Å². The molecule has 0 spiro atoms. The second-order valence-electron chi connectivity index (χ2n) is 9.01. The molecule has 0 saturated carbocycles. The topological polar surface area (TPSA) is 109 Å². The standard InChI is InChI=1S/C26H32N4O4S/c1-34-20-3-4-24-23(15-20)22(7-9-27-24)25(31)5-2-18-8-11-30(17-19(18)14-26(32)33)12-13-35-21-6-10-28-29-16-21/h3-4,6-7,9-10,15-16,18-19,25,31H,2,5,8,11-14,17H2,1H3,(H,32,33)/t18-,19+,25?/m1/s1. The maximum Gasteiger partial charge on any atom is 0.303 e. The zero-order valence-corrected chi connectivity index (χ0v) is 20.7. The van der Waals surface area contributed by atoms with Crippen LogP contribution in [0.4, 0.5) is 0 Å². The van der Waals surface area contributed by atoms with E-state index < -0.39 is 12.1 Å². The van der Waals surface area contributed by atoms with E-state index in [1.165, 1.54) is 0 Å². The van der Waals surface area contributed by atoms with Crippen LogP contribution in [0.2, 0.25) is 0 Å². The van der Waals surface area contributed by atoms with E-state index in [1.807, 2.05) is 30.3 Å². The minimum atomic E-state index is -0.758. The number of benzene rings is 1. The van der Waals surface area contributed by atoms with Gasteiger partial charge in [-0.05, 0) is 73.5 Å². The summed E-state index contributed by atoms with van der Waals surface area (Å²) in [7, 11) is 1.62. The highest BCUT2D eigenvalue weighted by Crippen LogP contribution is 2.35. The molecule has 1 fully saturated rings. The first-order valence-electron chi connectivity index (χ1n) is 12.0. The number of aromatic nitrogens is 3. The maximum absolute atomic E-state index is 11.6. The number of aliphatic carboxylic acids is 1. The van der Waals surface area contributed by atoms with E-state index >= 15 is 0 Å². The highest BCUT2D eigenvalue weighted by atomic mass is 32.2. The fourth-order valence-corrected chi connectivity index (χ4v) is 5.81. The number of nitrogens with zero attached hydrogens (tertiary/aromatic N) is 4. The Balaban J connectivity index is 1.35. The van der Waals surface area contributed by atoms with Gasteiger partial charge in [0.15, 0.2) is 0 Å². The van der Waals surface area contributed by atoms with Crippen molar-refractivity contribution in [3.05, 3.63) is 54.5 Å². The Labute approximate surface area is 209 Å². The number of likely N-dealkylation sites (tertiary alicyclic amines) is 1. The highest BCUT2D eigenvalue weighted by Gasteiger charge is 2.31. The molecule has 4 rings (SSSR count). The van der Waals surface area contributed by atoms with E-state index in [0.29, 0.717) is 6.42 Å². The third kappa shape index (κ3) is 6.90. The van der Waals surface area contributed by atoms with Gasteiger partial charge in [-0.1, -0.05) is 0 Å². The first-order valence-corrected chi connectivity index (χ1v) is 13.0. The Morgan fingerprint density at radius 2 is 2.11 bits per heavy atom. The molecule has 35 heavy (non-hydrogen) atoms. The van der Waals surface area contributed by atoms with Crippen LogP contribution in [0.15, 0.2) is 53.8 Å². The van der Waals surface area contributed by atoms with Crippen molar-refractivity contribution in [1.82, 2.24) is 20.1 Å². The van der Waals surface area contributed by atoms with Crippen molar-refractivity contribution >= 4 is 28.6 Å². The molecule has 1 aromatic carbocycles. The molecule has 1 aliphatic rings.